The molecule has 2 atom stereocenters. The lowest BCUT2D eigenvalue weighted by Crippen LogP contribution is -2.47. The van der Waals surface area contributed by atoms with Crippen molar-refractivity contribution in [1.82, 2.24) is 9.80 Å². The minimum Gasteiger partial charge on any atom is -0.393 e. The van der Waals surface area contributed by atoms with Gasteiger partial charge >= 0.3 is 0 Å². The van der Waals surface area contributed by atoms with E-state index in [9.17, 15) is 14.7 Å². The molecule has 2 amide bonds. The van der Waals surface area contributed by atoms with Crippen LogP contribution in [0.2, 0.25) is 0 Å². The van der Waals surface area contributed by atoms with Crippen LogP contribution in [0.5, 0.6) is 0 Å². The van der Waals surface area contributed by atoms with Gasteiger partial charge in [-0.15, -0.1) is 0 Å². The van der Waals surface area contributed by atoms with Gasteiger partial charge in [0.1, 0.15) is 0 Å². The Balaban J connectivity index is 2.38. The fourth-order valence-corrected chi connectivity index (χ4v) is 2.25. The SMILES string of the molecule is CC(O)CCN(C)CC(=O)N1CCCC(C(N)=O)C1. The highest BCUT2D eigenvalue weighted by molar-refractivity contribution is 5.81. The highest BCUT2D eigenvalue weighted by atomic mass is 16.3. The van der Waals surface area contributed by atoms with Gasteiger partial charge in [0.15, 0.2) is 0 Å². The second-order valence-electron chi connectivity index (χ2n) is 5.46. The van der Waals surface area contributed by atoms with E-state index in [1.165, 1.54) is 0 Å². The van der Waals surface area contributed by atoms with E-state index in [2.05, 4.69) is 0 Å². The van der Waals surface area contributed by atoms with Crippen LogP contribution >= 0.6 is 0 Å². The number of nitrogens with zero attached hydrogens (tertiary/aromatic N) is 2. The highest BCUT2D eigenvalue weighted by Gasteiger charge is 2.27. The molecule has 1 aliphatic heterocycles. The molecule has 0 aromatic heterocycles. The van der Waals surface area contributed by atoms with Crippen LogP contribution in [-0.4, -0.2) is 66.1 Å². The topological polar surface area (TPSA) is 86.9 Å². The number of likely N-dealkylation sites (N-methyl/N-ethyl adjacent to an activating group) is 1. The van der Waals surface area contributed by atoms with Crippen molar-refractivity contribution in [2.75, 3.05) is 33.2 Å². The third kappa shape index (κ3) is 5.57. The van der Waals surface area contributed by atoms with Gasteiger partial charge in [0.25, 0.3) is 0 Å². The van der Waals surface area contributed by atoms with Crippen LogP contribution < -0.4 is 5.73 Å². The second kappa shape index (κ2) is 7.45. The third-order valence-electron chi connectivity index (χ3n) is 3.51. The molecule has 0 radical (unpaired) electrons. The molecule has 2 unspecified atom stereocenters. The van der Waals surface area contributed by atoms with Gasteiger partial charge in [-0.2, -0.15) is 0 Å². The third-order valence-corrected chi connectivity index (χ3v) is 3.51. The summed E-state index contributed by atoms with van der Waals surface area (Å²) in [6.07, 6.45) is 1.90. The van der Waals surface area contributed by atoms with E-state index in [1.54, 1.807) is 11.8 Å². The molecule has 1 heterocycles. The van der Waals surface area contributed by atoms with Crippen LogP contribution in [0.1, 0.15) is 26.2 Å². The van der Waals surface area contributed by atoms with Gasteiger partial charge in [-0.05, 0) is 33.2 Å². The molecule has 0 aromatic rings. The quantitative estimate of drug-likeness (QED) is 0.676. The Kier molecular flexibility index (Phi) is 6.24. The van der Waals surface area contributed by atoms with Crippen molar-refractivity contribution in [3.05, 3.63) is 0 Å². The Morgan fingerprint density at radius 1 is 1.53 bits per heavy atom. The number of likely N-dealkylation sites (tertiary alicyclic amines) is 1. The molecule has 3 N–H and O–H groups in total. The number of hydrogen-bond donors (Lipinski definition) is 2. The van der Waals surface area contributed by atoms with E-state index in [-0.39, 0.29) is 23.8 Å². The van der Waals surface area contributed by atoms with E-state index in [4.69, 9.17) is 5.73 Å². The van der Waals surface area contributed by atoms with Gasteiger partial charge in [-0.3, -0.25) is 14.5 Å². The lowest BCUT2D eigenvalue weighted by Gasteiger charge is -2.32. The standard InChI is InChI=1S/C13H25N3O3/c1-10(17)5-7-15(2)9-12(18)16-6-3-4-11(8-16)13(14)19/h10-11,17H,3-9H2,1-2H3,(H2,14,19). The molecular formula is C13H25N3O3. The van der Waals surface area contributed by atoms with Crippen molar-refractivity contribution in [2.45, 2.75) is 32.3 Å². The first kappa shape index (κ1) is 15.9. The number of carbonyl (C=O) groups excluding carboxylic acids is 2. The lowest BCUT2D eigenvalue weighted by atomic mass is 9.97. The molecule has 1 aliphatic rings. The smallest absolute Gasteiger partial charge is 0.236 e. The number of carbonyl (C=O) groups is 2. The van der Waals surface area contributed by atoms with E-state index in [1.807, 2.05) is 11.9 Å². The zero-order valence-corrected chi connectivity index (χ0v) is 11.8. The summed E-state index contributed by atoms with van der Waals surface area (Å²) in [6, 6.07) is 0. The van der Waals surface area contributed by atoms with Crippen LogP contribution in [-0.2, 0) is 9.59 Å². The molecule has 0 saturated carbocycles. The van der Waals surface area contributed by atoms with Crippen LogP contribution in [0, 0.1) is 5.92 Å². The number of hydrogen-bond acceptors (Lipinski definition) is 4. The summed E-state index contributed by atoms with van der Waals surface area (Å²) in [5.41, 5.74) is 5.30. The Labute approximate surface area is 114 Å². The summed E-state index contributed by atoms with van der Waals surface area (Å²) in [5, 5.41) is 9.21. The zero-order chi connectivity index (χ0) is 14.4. The molecule has 0 aliphatic carbocycles. The number of aliphatic hydroxyl groups excluding tert-OH is 1. The normalized spacial score (nSPS) is 21.5. The predicted octanol–water partition coefficient (Wildman–Crippen LogP) is -0.587. The molecule has 1 rings (SSSR count). The van der Waals surface area contributed by atoms with Crippen molar-refractivity contribution < 1.29 is 14.7 Å². The van der Waals surface area contributed by atoms with Crippen LogP contribution in [0.3, 0.4) is 0 Å². The molecule has 0 spiro atoms. The summed E-state index contributed by atoms with van der Waals surface area (Å²) < 4.78 is 0. The van der Waals surface area contributed by atoms with Crippen LogP contribution in [0.15, 0.2) is 0 Å². The molecule has 1 saturated heterocycles. The molecule has 1 fully saturated rings. The predicted molar refractivity (Wildman–Crippen MR) is 72.3 cm³/mol. The number of aliphatic hydroxyl groups is 1. The van der Waals surface area contributed by atoms with Gasteiger partial charge in [0, 0.05) is 19.6 Å². The summed E-state index contributed by atoms with van der Waals surface area (Å²) in [6.45, 7) is 3.87. The highest BCUT2D eigenvalue weighted by Crippen LogP contribution is 2.16. The first-order valence-electron chi connectivity index (χ1n) is 6.84. The first-order chi connectivity index (χ1) is 8.90. The maximum atomic E-state index is 12.1. The minimum atomic E-state index is -0.355. The molecule has 0 aromatic carbocycles. The Hall–Kier alpha value is -1.14. The maximum Gasteiger partial charge on any atom is 0.236 e. The minimum absolute atomic E-state index is 0.0269. The van der Waals surface area contributed by atoms with E-state index in [0.717, 1.165) is 12.8 Å². The van der Waals surface area contributed by atoms with Gasteiger partial charge in [-0.25, -0.2) is 0 Å². The summed E-state index contributed by atoms with van der Waals surface area (Å²) >= 11 is 0. The van der Waals surface area contributed by atoms with Gasteiger partial charge < -0.3 is 15.7 Å². The van der Waals surface area contributed by atoms with Crippen molar-refractivity contribution in [2.24, 2.45) is 11.7 Å². The lowest BCUT2D eigenvalue weighted by molar-refractivity contribution is -0.135. The van der Waals surface area contributed by atoms with E-state index < -0.39 is 0 Å². The number of piperidine rings is 1. The second-order valence-corrected chi connectivity index (χ2v) is 5.46. The van der Waals surface area contributed by atoms with Crippen molar-refractivity contribution in [3.63, 3.8) is 0 Å². The Morgan fingerprint density at radius 2 is 2.21 bits per heavy atom. The van der Waals surface area contributed by atoms with Crippen molar-refractivity contribution in [1.29, 1.82) is 0 Å². The molecule has 110 valence electrons. The van der Waals surface area contributed by atoms with Gasteiger partial charge in [0.2, 0.25) is 11.8 Å². The summed E-state index contributed by atoms with van der Waals surface area (Å²) in [5.74, 6) is -0.500. The van der Waals surface area contributed by atoms with Crippen molar-refractivity contribution >= 4 is 11.8 Å². The average Bonchev–Trinajstić information content (AvgIpc) is 2.36. The van der Waals surface area contributed by atoms with E-state index >= 15 is 0 Å². The zero-order valence-electron chi connectivity index (χ0n) is 11.8. The number of amides is 2. The van der Waals surface area contributed by atoms with Gasteiger partial charge in [0.05, 0.1) is 18.6 Å². The average molecular weight is 271 g/mol. The number of rotatable bonds is 6. The molecule has 6 nitrogen and oxygen atoms in total. The van der Waals surface area contributed by atoms with Gasteiger partial charge in [-0.1, -0.05) is 0 Å². The largest absolute Gasteiger partial charge is 0.393 e. The first-order valence-corrected chi connectivity index (χ1v) is 6.84. The van der Waals surface area contributed by atoms with Crippen LogP contribution in [0.4, 0.5) is 0 Å². The molecule has 19 heavy (non-hydrogen) atoms. The van der Waals surface area contributed by atoms with Crippen molar-refractivity contribution in [3.8, 4) is 0 Å². The number of nitrogens with two attached hydrogens (primary N) is 1. The maximum absolute atomic E-state index is 12.1. The van der Waals surface area contributed by atoms with E-state index in [0.29, 0.717) is 32.6 Å². The number of primary amides is 1. The molecular weight excluding hydrogens is 246 g/mol. The summed E-state index contributed by atoms with van der Waals surface area (Å²) in [4.78, 5) is 26.9. The monoisotopic (exact) mass is 271 g/mol. The fraction of sp³-hybridized carbons (Fsp3) is 0.846. The molecule has 0 bridgehead atoms. The Morgan fingerprint density at radius 3 is 2.79 bits per heavy atom. The van der Waals surface area contributed by atoms with Crippen LogP contribution in [0.25, 0.3) is 0 Å². The fourth-order valence-electron chi connectivity index (χ4n) is 2.25. The summed E-state index contributed by atoms with van der Waals surface area (Å²) in [7, 11) is 1.86. The molecule has 6 heteroatoms. The Bertz CT molecular complexity index is 320.